The minimum absolute atomic E-state index is 0.137. The van der Waals surface area contributed by atoms with Gasteiger partial charge in [-0.2, -0.15) is 5.48 Å². The molecule has 4 heteroatoms. The number of hydrogen-bond acceptors (Lipinski definition) is 4. The Labute approximate surface area is 166 Å². The first kappa shape index (κ1) is 18.9. The Morgan fingerprint density at radius 3 is 2.61 bits per heavy atom. The number of benzene rings is 3. The fraction of sp³-hybridized carbons (Fsp3) is 0.333. The zero-order valence-electron chi connectivity index (χ0n) is 16.3. The van der Waals surface area contributed by atoms with Gasteiger partial charge in [0.15, 0.2) is 0 Å². The number of nitrogens with one attached hydrogen (secondary N) is 1. The first-order chi connectivity index (χ1) is 13.8. The van der Waals surface area contributed by atoms with Gasteiger partial charge in [0.05, 0.1) is 13.2 Å². The van der Waals surface area contributed by atoms with Crippen molar-refractivity contribution >= 4 is 10.8 Å². The van der Waals surface area contributed by atoms with Crippen LogP contribution >= 0.6 is 0 Å². The predicted molar refractivity (Wildman–Crippen MR) is 111 cm³/mol. The predicted octanol–water partition coefficient (Wildman–Crippen LogP) is 5.04. The molecule has 0 spiro atoms. The highest BCUT2D eigenvalue weighted by atomic mass is 16.6. The van der Waals surface area contributed by atoms with Crippen LogP contribution in [0.5, 0.6) is 5.75 Å². The lowest BCUT2D eigenvalue weighted by atomic mass is 9.87. The van der Waals surface area contributed by atoms with Gasteiger partial charge in [-0.15, -0.1) is 0 Å². The lowest BCUT2D eigenvalue weighted by Crippen LogP contribution is -2.31. The van der Waals surface area contributed by atoms with E-state index < -0.39 is 0 Å². The summed E-state index contributed by atoms with van der Waals surface area (Å²) in [6, 6.07) is 23.3. The molecule has 0 bridgehead atoms. The van der Waals surface area contributed by atoms with Crippen LogP contribution in [0.2, 0.25) is 0 Å². The second-order valence-electron chi connectivity index (χ2n) is 7.29. The van der Waals surface area contributed by atoms with Crippen LogP contribution in [0.3, 0.4) is 0 Å². The number of fused-ring (bicyclic) bond motifs is 1. The van der Waals surface area contributed by atoms with Crippen LogP contribution in [0, 0.1) is 5.92 Å². The number of rotatable bonds is 7. The molecular formula is C24H27NO3. The summed E-state index contributed by atoms with van der Waals surface area (Å²) < 4.78 is 11.6. The third-order valence-corrected chi connectivity index (χ3v) is 5.42. The Morgan fingerprint density at radius 2 is 1.79 bits per heavy atom. The van der Waals surface area contributed by atoms with Crippen molar-refractivity contribution in [1.82, 2.24) is 5.48 Å². The van der Waals surface area contributed by atoms with Crippen molar-refractivity contribution < 1.29 is 14.3 Å². The van der Waals surface area contributed by atoms with E-state index in [9.17, 15) is 0 Å². The summed E-state index contributed by atoms with van der Waals surface area (Å²) >= 11 is 0. The summed E-state index contributed by atoms with van der Waals surface area (Å²) in [6.45, 7) is 2.17. The molecule has 0 saturated carbocycles. The number of hydrogen-bond donors (Lipinski definition) is 1. The van der Waals surface area contributed by atoms with E-state index in [1.54, 1.807) is 7.11 Å². The first-order valence-electron chi connectivity index (χ1n) is 9.90. The quantitative estimate of drug-likeness (QED) is 0.586. The van der Waals surface area contributed by atoms with E-state index in [1.807, 2.05) is 6.07 Å². The minimum Gasteiger partial charge on any atom is -0.489 e. The van der Waals surface area contributed by atoms with Crippen molar-refractivity contribution in [2.45, 2.75) is 25.5 Å². The normalized spacial score (nSPS) is 16.2. The fourth-order valence-corrected chi connectivity index (χ4v) is 3.91. The van der Waals surface area contributed by atoms with E-state index in [1.165, 1.54) is 21.9 Å². The van der Waals surface area contributed by atoms with Gasteiger partial charge in [0.2, 0.25) is 0 Å². The topological polar surface area (TPSA) is 39.7 Å². The van der Waals surface area contributed by atoms with E-state index in [-0.39, 0.29) is 6.04 Å². The van der Waals surface area contributed by atoms with Gasteiger partial charge in [-0.1, -0.05) is 48.5 Å². The summed E-state index contributed by atoms with van der Waals surface area (Å²) in [5, 5.41) is 2.49. The minimum atomic E-state index is 0.137. The Kier molecular flexibility index (Phi) is 6.22. The molecule has 4 nitrogen and oxygen atoms in total. The first-order valence-corrected chi connectivity index (χ1v) is 9.90. The molecule has 4 rings (SSSR count). The smallest absolute Gasteiger partial charge is 0.120 e. The van der Waals surface area contributed by atoms with Crippen LogP contribution in [0.4, 0.5) is 0 Å². The second kappa shape index (κ2) is 9.20. The van der Waals surface area contributed by atoms with Crippen molar-refractivity contribution in [3.8, 4) is 5.75 Å². The third-order valence-electron chi connectivity index (χ3n) is 5.42. The monoisotopic (exact) mass is 377 g/mol. The summed E-state index contributed by atoms with van der Waals surface area (Å²) in [7, 11) is 1.67. The molecule has 3 aromatic rings. The lowest BCUT2D eigenvalue weighted by Gasteiger charge is -2.30. The van der Waals surface area contributed by atoms with Gasteiger partial charge < -0.3 is 14.3 Å². The Bertz CT molecular complexity index is 905. The average Bonchev–Trinajstić information content (AvgIpc) is 2.77. The Hall–Kier alpha value is -2.40. The highest BCUT2D eigenvalue weighted by Gasteiger charge is 2.25. The largest absolute Gasteiger partial charge is 0.489 e. The molecule has 146 valence electrons. The van der Waals surface area contributed by atoms with Crippen molar-refractivity contribution in [3.05, 3.63) is 77.9 Å². The van der Waals surface area contributed by atoms with Gasteiger partial charge in [0.25, 0.3) is 0 Å². The van der Waals surface area contributed by atoms with Crippen molar-refractivity contribution in [3.63, 3.8) is 0 Å². The molecular weight excluding hydrogens is 350 g/mol. The SMILES string of the molecule is CON[C@@H](c1cccc(OCc2ccc3ccccc3c2)c1)C1CCOCC1. The molecule has 0 aliphatic carbocycles. The van der Waals surface area contributed by atoms with Crippen LogP contribution in [0.1, 0.15) is 30.0 Å². The van der Waals surface area contributed by atoms with E-state index in [0.717, 1.165) is 31.8 Å². The highest BCUT2D eigenvalue weighted by molar-refractivity contribution is 5.82. The molecule has 0 unspecified atom stereocenters. The van der Waals surface area contributed by atoms with Crippen LogP contribution in [0.25, 0.3) is 10.8 Å². The zero-order chi connectivity index (χ0) is 19.2. The van der Waals surface area contributed by atoms with Crippen molar-refractivity contribution in [2.24, 2.45) is 5.92 Å². The molecule has 0 amide bonds. The van der Waals surface area contributed by atoms with Gasteiger partial charge in [-0.25, -0.2) is 0 Å². The maximum atomic E-state index is 6.10. The maximum absolute atomic E-state index is 6.10. The van der Waals surface area contributed by atoms with Crippen LogP contribution in [-0.2, 0) is 16.2 Å². The molecule has 28 heavy (non-hydrogen) atoms. The molecule has 1 aliphatic heterocycles. The van der Waals surface area contributed by atoms with E-state index in [2.05, 4.69) is 66.1 Å². The van der Waals surface area contributed by atoms with Gasteiger partial charge in [0.1, 0.15) is 12.4 Å². The second-order valence-corrected chi connectivity index (χ2v) is 7.29. The summed E-state index contributed by atoms with van der Waals surface area (Å²) in [5.74, 6) is 1.37. The molecule has 0 radical (unpaired) electrons. The van der Waals surface area contributed by atoms with Crippen LogP contribution < -0.4 is 10.2 Å². The number of hydroxylamine groups is 1. The van der Waals surface area contributed by atoms with Crippen LogP contribution in [-0.4, -0.2) is 20.3 Å². The Balaban J connectivity index is 1.47. The lowest BCUT2D eigenvalue weighted by molar-refractivity contribution is 0.000531. The van der Waals surface area contributed by atoms with Gasteiger partial charge in [-0.3, -0.25) is 0 Å². The number of ether oxygens (including phenoxy) is 2. The van der Waals surface area contributed by atoms with Gasteiger partial charge >= 0.3 is 0 Å². The zero-order valence-corrected chi connectivity index (χ0v) is 16.3. The van der Waals surface area contributed by atoms with E-state index in [0.29, 0.717) is 12.5 Å². The molecule has 1 atom stereocenters. The molecule has 1 N–H and O–H groups in total. The van der Waals surface area contributed by atoms with Gasteiger partial charge in [0, 0.05) is 13.2 Å². The summed E-state index contributed by atoms with van der Waals surface area (Å²) in [5.41, 5.74) is 5.53. The molecule has 3 aromatic carbocycles. The summed E-state index contributed by atoms with van der Waals surface area (Å²) in [6.07, 6.45) is 2.06. The molecule has 1 fully saturated rings. The van der Waals surface area contributed by atoms with Crippen LogP contribution in [0.15, 0.2) is 66.7 Å². The third kappa shape index (κ3) is 4.53. The molecule has 1 aliphatic rings. The van der Waals surface area contributed by atoms with E-state index >= 15 is 0 Å². The standard InChI is InChI=1S/C24H27NO3/c1-26-25-24(20-11-13-27-14-12-20)22-7-4-8-23(16-22)28-17-18-9-10-19-5-2-3-6-21(19)15-18/h2-10,15-16,20,24-25H,11-14,17H2,1H3/t24-/m1/s1. The average molecular weight is 377 g/mol. The highest BCUT2D eigenvalue weighted by Crippen LogP contribution is 2.32. The van der Waals surface area contributed by atoms with Gasteiger partial charge in [-0.05, 0) is 58.9 Å². The summed E-state index contributed by atoms with van der Waals surface area (Å²) in [4.78, 5) is 5.29. The molecule has 1 saturated heterocycles. The van der Waals surface area contributed by atoms with Crippen molar-refractivity contribution in [1.29, 1.82) is 0 Å². The maximum Gasteiger partial charge on any atom is 0.120 e. The molecule has 0 aromatic heterocycles. The Morgan fingerprint density at radius 1 is 0.964 bits per heavy atom. The van der Waals surface area contributed by atoms with Crippen molar-refractivity contribution in [2.75, 3.05) is 20.3 Å². The fourth-order valence-electron chi connectivity index (χ4n) is 3.91. The van der Waals surface area contributed by atoms with E-state index in [4.69, 9.17) is 14.3 Å². The molecule has 1 heterocycles.